The van der Waals surface area contributed by atoms with Crippen molar-refractivity contribution < 1.29 is 4.74 Å². The number of hydrogen-bond donors (Lipinski definition) is 0. The van der Waals surface area contributed by atoms with Gasteiger partial charge in [-0.25, -0.2) is 9.97 Å². The maximum Gasteiger partial charge on any atom is 0.163 e. The third-order valence-electron chi connectivity index (χ3n) is 5.79. The number of nitrogens with zero attached hydrogens (tertiary/aromatic N) is 8. The van der Waals surface area contributed by atoms with Gasteiger partial charge in [0.25, 0.3) is 0 Å². The van der Waals surface area contributed by atoms with Gasteiger partial charge in [-0.2, -0.15) is 5.10 Å². The second-order valence-electron chi connectivity index (χ2n) is 7.75. The third-order valence-corrected chi connectivity index (χ3v) is 5.79. The fourth-order valence-electron chi connectivity index (χ4n) is 3.94. The molecule has 9 nitrogen and oxygen atoms in total. The van der Waals surface area contributed by atoms with Gasteiger partial charge in [-0.3, -0.25) is 4.68 Å². The highest BCUT2D eigenvalue weighted by Gasteiger charge is 2.33. The highest BCUT2D eigenvalue weighted by atomic mass is 16.5. The quantitative estimate of drug-likeness (QED) is 0.491. The summed E-state index contributed by atoms with van der Waals surface area (Å²) in [6.45, 7) is 3.61. The molecular formula is C22H24N8O. The molecule has 1 aliphatic heterocycles. The third kappa shape index (κ3) is 3.31. The van der Waals surface area contributed by atoms with Crippen molar-refractivity contribution in [2.45, 2.75) is 13.0 Å². The van der Waals surface area contributed by atoms with Crippen molar-refractivity contribution in [3.05, 3.63) is 48.4 Å². The summed E-state index contributed by atoms with van der Waals surface area (Å²) in [6.07, 6.45) is 1.83. The minimum absolute atomic E-state index is 0.327. The van der Waals surface area contributed by atoms with Crippen LogP contribution in [0.25, 0.3) is 22.3 Å². The summed E-state index contributed by atoms with van der Waals surface area (Å²) in [5.41, 5.74) is 2.58. The van der Waals surface area contributed by atoms with Crippen molar-refractivity contribution in [2.75, 3.05) is 37.0 Å². The molecule has 1 aliphatic rings. The van der Waals surface area contributed by atoms with Gasteiger partial charge < -0.3 is 14.5 Å². The Balaban J connectivity index is 1.31. The van der Waals surface area contributed by atoms with E-state index < -0.39 is 0 Å². The summed E-state index contributed by atoms with van der Waals surface area (Å²) in [7, 11) is 5.64. The molecule has 0 saturated carbocycles. The van der Waals surface area contributed by atoms with E-state index in [1.54, 1.807) is 11.8 Å². The van der Waals surface area contributed by atoms with Crippen molar-refractivity contribution >= 4 is 22.7 Å². The SMILES string of the molecule is COc1ccccc1-c1ccc(N2CC(N(C)c3nc(C)nc4c3cnn4C)C2)nn1. The average molecular weight is 416 g/mol. The Bertz CT molecular complexity index is 1230. The molecule has 31 heavy (non-hydrogen) atoms. The van der Waals surface area contributed by atoms with E-state index in [-0.39, 0.29) is 0 Å². The number of aryl methyl sites for hydroxylation is 2. The molecule has 1 saturated heterocycles. The molecule has 0 atom stereocenters. The number of fused-ring (bicyclic) bond motifs is 1. The average Bonchev–Trinajstić information content (AvgIpc) is 3.13. The maximum absolute atomic E-state index is 5.43. The first kappa shape index (κ1) is 19.2. The van der Waals surface area contributed by atoms with Gasteiger partial charge in [-0.15, -0.1) is 10.2 Å². The molecule has 0 amide bonds. The number of ether oxygens (including phenoxy) is 1. The van der Waals surface area contributed by atoms with Crippen LogP contribution in [0.3, 0.4) is 0 Å². The van der Waals surface area contributed by atoms with Gasteiger partial charge in [0, 0.05) is 32.7 Å². The number of para-hydroxylation sites is 1. The van der Waals surface area contributed by atoms with Gasteiger partial charge in [-0.05, 0) is 31.2 Å². The first-order valence-corrected chi connectivity index (χ1v) is 10.2. The summed E-state index contributed by atoms with van der Waals surface area (Å²) in [4.78, 5) is 13.6. The van der Waals surface area contributed by atoms with Crippen LogP contribution in [-0.2, 0) is 7.05 Å². The Morgan fingerprint density at radius 3 is 2.61 bits per heavy atom. The monoisotopic (exact) mass is 416 g/mol. The lowest BCUT2D eigenvalue weighted by molar-refractivity contribution is 0.416. The summed E-state index contributed by atoms with van der Waals surface area (Å²) in [6, 6.07) is 12.2. The molecule has 0 bridgehead atoms. The molecule has 1 fully saturated rings. The zero-order chi connectivity index (χ0) is 21.5. The van der Waals surface area contributed by atoms with E-state index >= 15 is 0 Å². The number of likely N-dealkylation sites (N-methyl/N-ethyl adjacent to an activating group) is 1. The molecule has 9 heteroatoms. The van der Waals surface area contributed by atoms with Crippen LogP contribution in [-0.4, -0.2) is 63.2 Å². The zero-order valence-corrected chi connectivity index (χ0v) is 18.0. The van der Waals surface area contributed by atoms with Gasteiger partial charge in [0.05, 0.1) is 30.4 Å². The number of methoxy groups -OCH3 is 1. The van der Waals surface area contributed by atoms with Crippen molar-refractivity contribution in [3.8, 4) is 17.0 Å². The first-order valence-electron chi connectivity index (χ1n) is 10.2. The summed E-state index contributed by atoms with van der Waals surface area (Å²) in [5, 5.41) is 14.2. The van der Waals surface area contributed by atoms with E-state index in [1.165, 1.54) is 0 Å². The van der Waals surface area contributed by atoms with Crippen LogP contribution >= 0.6 is 0 Å². The minimum atomic E-state index is 0.327. The highest BCUT2D eigenvalue weighted by molar-refractivity contribution is 5.87. The molecule has 4 aromatic rings. The van der Waals surface area contributed by atoms with E-state index in [2.05, 4.69) is 42.1 Å². The smallest absolute Gasteiger partial charge is 0.163 e. The molecule has 0 N–H and O–H groups in total. The molecule has 0 radical (unpaired) electrons. The van der Waals surface area contributed by atoms with Crippen molar-refractivity contribution in [3.63, 3.8) is 0 Å². The lowest BCUT2D eigenvalue weighted by Gasteiger charge is -2.45. The topological polar surface area (TPSA) is 85.1 Å². The lowest BCUT2D eigenvalue weighted by atomic mass is 10.1. The number of anilines is 2. The Morgan fingerprint density at radius 1 is 1.06 bits per heavy atom. The second-order valence-corrected chi connectivity index (χ2v) is 7.75. The van der Waals surface area contributed by atoms with Gasteiger partial charge in [-0.1, -0.05) is 12.1 Å². The van der Waals surface area contributed by atoms with Gasteiger partial charge in [0.2, 0.25) is 0 Å². The van der Waals surface area contributed by atoms with Crippen LogP contribution in [0.2, 0.25) is 0 Å². The van der Waals surface area contributed by atoms with Crippen LogP contribution in [0.15, 0.2) is 42.6 Å². The predicted molar refractivity (Wildman–Crippen MR) is 119 cm³/mol. The zero-order valence-electron chi connectivity index (χ0n) is 18.0. The molecule has 158 valence electrons. The molecule has 0 aliphatic carbocycles. The molecule has 4 heterocycles. The summed E-state index contributed by atoms with van der Waals surface area (Å²) in [5.74, 6) is 3.32. The van der Waals surface area contributed by atoms with Gasteiger partial charge in [0.15, 0.2) is 11.5 Å². The predicted octanol–water partition coefficient (Wildman–Crippen LogP) is 2.46. The minimum Gasteiger partial charge on any atom is -0.496 e. The molecule has 0 unspecified atom stereocenters. The van der Waals surface area contributed by atoms with Crippen molar-refractivity contribution in [1.82, 2.24) is 29.9 Å². The molecule has 5 rings (SSSR count). The van der Waals surface area contributed by atoms with E-state index in [0.717, 1.165) is 58.6 Å². The number of benzene rings is 1. The van der Waals surface area contributed by atoms with Crippen LogP contribution in [0.4, 0.5) is 11.6 Å². The number of rotatable bonds is 5. The Morgan fingerprint density at radius 2 is 1.87 bits per heavy atom. The van der Waals surface area contributed by atoms with E-state index in [0.29, 0.717) is 6.04 Å². The van der Waals surface area contributed by atoms with Crippen molar-refractivity contribution in [2.24, 2.45) is 7.05 Å². The lowest BCUT2D eigenvalue weighted by Crippen LogP contribution is -2.59. The Kier molecular flexibility index (Phi) is 4.65. The maximum atomic E-state index is 5.43. The number of hydrogen-bond acceptors (Lipinski definition) is 8. The highest BCUT2D eigenvalue weighted by Crippen LogP contribution is 2.31. The molecule has 1 aromatic carbocycles. The van der Waals surface area contributed by atoms with Crippen LogP contribution in [0, 0.1) is 6.92 Å². The summed E-state index contributed by atoms with van der Waals surface area (Å²) >= 11 is 0. The normalized spacial score (nSPS) is 14.0. The fourth-order valence-corrected chi connectivity index (χ4v) is 3.94. The fraction of sp³-hybridized carbons (Fsp3) is 0.318. The van der Waals surface area contributed by atoms with Crippen LogP contribution in [0.1, 0.15) is 5.82 Å². The largest absolute Gasteiger partial charge is 0.496 e. The second kappa shape index (κ2) is 7.50. The molecule has 3 aromatic heterocycles. The standard InChI is InChI=1S/C22H24N8O/c1-14-24-21(17-11-23-29(3)22(17)25-14)28(2)15-12-30(13-15)20-10-9-18(26-27-20)16-7-5-6-8-19(16)31-4/h5-11,15H,12-13H2,1-4H3. The summed E-state index contributed by atoms with van der Waals surface area (Å²) < 4.78 is 7.22. The first-order chi connectivity index (χ1) is 15.0. The molecule has 0 spiro atoms. The Hall–Kier alpha value is -3.75. The van der Waals surface area contributed by atoms with Gasteiger partial charge in [0.1, 0.15) is 17.4 Å². The van der Waals surface area contributed by atoms with Crippen LogP contribution in [0.5, 0.6) is 5.75 Å². The van der Waals surface area contributed by atoms with Crippen molar-refractivity contribution in [1.29, 1.82) is 0 Å². The number of aromatic nitrogens is 6. The van der Waals surface area contributed by atoms with E-state index in [9.17, 15) is 0 Å². The Labute approximate surface area is 180 Å². The van der Waals surface area contributed by atoms with Crippen LogP contribution < -0.4 is 14.5 Å². The van der Waals surface area contributed by atoms with E-state index in [4.69, 9.17) is 4.74 Å². The van der Waals surface area contributed by atoms with E-state index in [1.807, 2.05) is 56.6 Å². The molecular weight excluding hydrogens is 392 g/mol. The van der Waals surface area contributed by atoms with Gasteiger partial charge >= 0.3 is 0 Å².